The Morgan fingerprint density at radius 1 is 0.889 bits per heavy atom. The molecule has 1 fully saturated rings. The average Bonchev–Trinajstić information content (AvgIpc) is 3.29. The Bertz CT molecular complexity index is 760. The minimum absolute atomic E-state index is 0.180. The van der Waals surface area contributed by atoms with Gasteiger partial charge in [-0.25, -0.2) is 0 Å². The Labute approximate surface area is 164 Å². The van der Waals surface area contributed by atoms with Gasteiger partial charge in [-0.05, 0) is 40.1 Å². The van der Waals surface area contributed by atoms with Crippen molar-refractivity contribution in [3.05, 3.63) is 72.8 Å². The number of fused-ring (bicyclic) bond motifs is 2. The van der Waals surface area contributed by atoms with E-state index in [4.69, 9.17) is 4.74 Å². The van der Waals surface area contributed by atoms with Crippen molar-refractivity contribution >= 4 is 18.7 Å². The number of hydrogen-bond donors (Lipinski definition) is 1. The van der Waals surface area contributed by atoms with E-state index in [-0.39, 0.29) is 11.1 Å². The first-order valence-electron chi connectivity index (χ1n) is 10.1. The molecule has 142 valence electrons. The quantitative estimate of drug-likeness (QED) is 0.610. The van der Waals surface area contributed by atoms with E-state index in [9.17, 15) is 4.80 Å². The van der Waals surface area contributed by atoms with Crippen molar-refractivity contribution in [2.45, 2.75) is 50.9 Å². The topological polar surface area (TPSA) is 29.5 Å². The molecule has 3 heteroatoms. The second-order valence-corrected chi connectivity index (χ2v) is 12.8. The molecule has 0 radical (unpaired) electrons. The zero-order chi connectivity index (χ0) is 19.1. The lowest BCUT2D eigenvalue weighted by Crippen LogP contribution is -2.65. The molecule has 2 aliphatic rings. The van der Waals surface area contributed by atoms with Crippen LogP contribution in [-0.2, 0) is 4.74 Å². The van der Waals surface area contributed by atoms with Crippen LogP contribution >= 0.6 is 0 Å². The summed E-state index contributed by atoms with van der Waals surface area (Å²) in [5.74, 6) is 1.13. The summed E-state index contributed by atoms with van der Waals surface area (Å²) in [6, 6.07) is 20.6. The van der Waals surface area contributed by atoms with Gasteiger partial charge < -0.3 is 9.53 Å². The molecule has 27 heavy (non-hydrogen) atoms. The molecule has 2 aromatic carbocycles. The van der Waals surface area contributed by atoms with E-state index in [1.165, 1.54) is 0 Å². The predicted octanol–water partition coefficient (Wildman–Crippen LogP) is 3.89. The lowest BCUT2D eigenvalue weighted by molar-refractivity contribution is 0.102. The first kappa shape index (κ1) is 18.7. The van der Waals surface area contributed by atoms with Crippen molar-refractivity contribution in [3.8, 4) is 0 Å². The molecule has 4 atom stereocenters. The standard InChI is InChI=1S/C24H30O2Si/c1-18-21(23-15-14-22(18)26-23)16-17-24(2,3)27(25,19-10-6-4-7-11-19)20-12-8-5-9-13-20/h4-15,18,21-23,25H,16-17H2,1-3H3/t18?,21-,22-,23+/m1/s1. The molecule has 2 aromatic rings. The van der Waals surface area contributed by atoms with Gasteiger partial charge in [0.05, 0.1) is 12.2 Å². The first-order chi connectivity index (χ1) is 12.9. The van der Waals surface area contributed by atoms with Crippen molar-refractivity contribution in [2.24, 2.45) is 11.8 Å². The molecule has 2 nitrogen and oxygen atoms in total. The zero-order valence-electron chi connectivity index (χ0n) is 16.5. The molecule has 0 saturated carbocycles. The Kier molecular flexibility index (Phi) is 4.87. The van der Waals surface area contributed by atoms with Crippen LogP contribution in [0.3, 0.4) is 0 Å². The summed E-state index contributed by atoms with van der Waals surface area (Å²) in [6.45, 7) is 6.82. The van der Waals surface area contributed by atoms with Crippen LogP contribution in [0.25, 0.3) is 0 Å². The SMILES string of the molecule is CC1[C@@H](CCC(C)(C)[Si](O)(c2ccccc2)c2ccccc2)[C@@H]2C=C[C@H]1O2. The molecule has 1 N–H and O–H groups in total. The van der Waals surface area contributed by atoms with Gasteiger partial charge in [-0.2, -0.15) is 0 Å². The maximum absolute atomic E-state index is 12.2. The van der Waals surface area contributed by atoms with Crippen molar-refractivity contribution in [2.75, 3.05) is 0 Å². The van der Waals surface area contributed by atoms with Crippen molar-refractivity contribution in [3.63, 3.8) is 0 Å². The second kappa shape index (κ2) is 7.05. The summed E-state index contributed by atoms with van der Waals surface area (Å²) >= 11 is 0. The lowest BCUT2D eigenvalue weighted by Gasteiger charge is -2.42. The monoisotopic (exact) mass is 378 g/mol. The van der Waals surface area contributed by atoms with E-state index in [0.29, 0.717) is 17.9 Å². The van der Waals surface area contributed by atoms with Gasteiger partial charge in [-0.3, -0.25) is 0 Å². The van der Waals surface area contributed by atoms with E-state index < -0.39 is 8.32 Å². The molecule has 2 heterocycles. The number of rotatable bonds is 6. The van der Waals surface area contributed by atoms with Gasteiger partial charge in [-0.15, -0.1) is 0 Å². The molecule has 2 aliphatic heterocycles. The van der Waals surface area contributed by atoms with Gasteiger partial charge in [0.1, 0.15) is 0 Å². The molecule has 0 aliphatic carbocycles. The van der Waals surface area contributed by atoms with E-state index in [0.717, 1.165) is 23.2 Å². The molecule has 4 rings (SSSR count). The van der Waals surface area contributed by atoms with Crippen LogP contribution in [0.5, 0.6) is 0 Å². The van der Waals surface area contributed by atoms with E-state index >= 15 is 0 Å². The van der Waals surface area contributed by atoms with Gasteiger partial charge in [-0.1, -0.05) is 93.6 Å². The third-order valence-corrected chi connectivity index (χ3v) is 11.4. The highest BCUT2D eigenvalue weighted by molar-refractivity contribution is 6.98. The van der Waals surface area contributed by atoms with Gasteiger partial charge in [0.15, 0.2) is 0 Å². The molecule has 1 saturated heterocycles. The number of hydrogen-bond acceptors (Lipinski definition) is 2. The highest BCUT2D eigenvalue weighted by Crippen LogP contribution is 2.46. The van der Waals surface area contributed by atoms with Crippen molar-refractivity contribution in [1.82, 2.24) is 0 Å². The Hall–Kier alpha value is -1.68. The number of benzene rings is 2. The maximum Gasteiger partial charge on any atom is 0.258 e. The minimum Gasteiger partial charge on any atom is -0.424 e. The fourth-order valence-corrected chi connectivity index (χ4v) is 8.77. The largest absolute Gasteiger partial charge is 0.424 e. The second-order valence-electron chi connectivity index (χ2n) is 8.84. The van der Waals surface area contributed by atoms with Crippen LogP contribution in [0, 0.1) is 11.8 Å². The summed E-state index contributed by atoms with van der Waals surface area (Å²) in [6.07, 6.45) is 7.10. The summed E-state index contributed by atoms with van der Waals surface area (Å²) in [5.41, 5.74) is 0. The Balaban J connectivity index is 1.64. The molecule has 0 spiro atoms. The van der Waals surface area contributed by atoms with Crippen LogP contribution in [0.2, 0.25) is 5.04 Å². The van der Waals surface area contributed by atoms with Gasteiger partial charge in [0.2, 0.25) is 0 Å². The van der Waals surface area contributed by atoms with Gasteiger partial charge >= 0.3 is 0 Å². The van der Waals surface area contributed by atoms with Crippen LogP contribution in [0.1, 0.15) is 33.6 Å². The van der Waals surface area contributed by atoms with E-state index in [1.807, 2.05) is 36.4 Å². The van der Waals surface area contributed by atoms with Crippen molar-refractivity contribution < 1.29 is 9.53 Å². The van der Waals surface area contributed by atoms with E-state index in [1.54, 1.807) is 0 Å². The number of ether oxygens (including phenoxy) is 1. The highest BCUT2D eigenvalue weighted by Gasteiger charge is 2.51. The fourth-order valence-electron chi connectivity index (χ4n) is 5.02. The molecular formula is C24H30O2Si. The zero-order valence-corrected chi connectivity index (χ0v) is 17.5. The molecular weight excluding hydrogens is 348 g/mol. The van der Waals surface area contributed by atoms with Crippen LogP contribution in [0.4, 0.5) is 0 Å². The summed E-state index contributed by atoms with van der Waals surface area (Å²) in [4.78, 5) is 12.2. The van der Waals surface area contributed by atoms with Crippen molar-refractivity contribution in [1.29, 1.82) is 0 Å². The third kappa shape index (κ3) is 3.12. The summed E-state index contributed by atoms with van der Waals surface area (Å²) in [5, 5.41) is 2.01. The predicted molar refractivity (Wildman–Crippen MR) is 114 cm³/mol. The third-order valence-electron chi connectivity index (χ3n) is 6.89. The Morgan fingerprint density at radius 3 is 1.89 bits per heavy atom. The average molecular weight is 379 g/mol. The summed E-state index contributed by atoms with van der Waals surface area (Å²) in [7, 11) is -2.90. The smallest absolute Gasteiger partial charge is 0.258 e. The van der Waals surface area contributed by atoms with Crippen LogP contribution < -0.4 is 10.4 Å². The van der Waals surface area contributed by atoms with E-state index in [2.05, 4.69) is 57.2 Å². The molecule has 0 amide bonds. The van der Waals surface area contributed by atoms with Gasteiger partial charge in [0.25, 0.3) is 8.32 Å². The van der Waals surface area contributed by atoms with Crippen LogP contribution in [0.15, 0.2) is 72.8 Å². The molecule has 0 aromatic heterocycles. The van der Waals surface area contributed by atoms with Gasteiger partial charge in [0, 0.05) is 0 Å². The van der Waals surface area contributed by atoms with Crippen LogP contribution in [-0.4, -0.2) is 25.3 Å². The normalized spacial score (nSPS) is 27.3. The highest BCUT2D eigenvalue weighted by atomic mass is 28.4. The summed E-state index contributed by atoms with van der Waals surface area (Å²) < 4.78 is 6.05. The molecule has 1 unspecified atom stereocenters. The lowest BCUT2D eigenvalue weighted by atomic mass is 9.80. The maximum atomic E-state index is 12.2. The first-order valence-corrected chi connectivity index (χ1v) is 12.1. The minimum atomic E-state index is -2.90. The molecule has 2 bridgehead atoms. The fraction of sp³-hybridized carbons (Fsp3) is 0.417. The Morgan fingerprint density at radius 2 is 1.41 bits per heavy atom.